The molecule has 1 rings (SSSR count). The number of carboxylic acid groups (broad SMARTS) is 1. The molecule has 0 unspecified atom stereocenters. The molecular formula is C13H23N3O4. The highest BCUT2D eigenvalue weighted by Gasteiger charge is 2.25. The summed E-state index contributed by atoms with van der Waals surface area (Å²) in [6, 6.07) is -1.76. The summed E-state index contributed by atoms with van der Waals surface area (Å²) in [5, 5.41) is 13.9. The maximum absolute atomic E-state index is 11.7. The zero-order chi connectivity index (χ0) is 15.1. The molecule has 0 aliphatic heterocycles. The fraction of sp³-hybridized carbons (Fsp3) is 0.769. The van der Waals surface area contributed by atoms with Crippen LogP contribution in [0.1, 0.15) is 45.4 Å². The first-order valence-electron chi connectivity index (χ1n) is 7.00. The van der Waals surface area contributed by atoms with Crippen molar-refractivity contribution >= 4 is 17.9 Å². The third-order valence-electron chi connectivity index (χ3n) is 3.77. The molecule has 1 fully saturated rings. The van der Waals surface area contributed by atoms with Gasteiger partial charge in [-0.25, -0.2) is 9.59 Å². The molecule has 3 amide bonds. The van der Waals surface area contributed by atoms with Crippen LogP contribution in [0.2, 0.25) is 0 Å². The number of urea groups is 1. The van der Waals surface area contributed by atoms with Crippen molar-refractivity contribution in [2.75, 3.05) is 0 Å². The highest BCUT2D eigenvalue weighted by atomic mass is 16.4. The zero-order valence-electron chi connectivity index (χ0n) is 11.7. The van der Waals surface area contributed by atoms with Gasteiger partial charge < -0.3 is 21.5 Å². The van der Waals surface area contributed by atoms with Crippen molar-refractivity contribution < 1.29 is 19.5 Å². The number of carbonyl (C=O) groups is 3. The normalized spacial score (nSPS) is 23.6. The quantitative estimate of drug-likeness (QED) is 0.570. The molecule has 0 aromatic carbocycles. The van der Waals surface area contributed by atoms with Crippen LogP contribution in [0.15, 0.2) is 0 Å². The number of carboxylic acids is 1. The molecule has 0 aromatic heterocycles. The number of nitrogens with one attached hydrogen (secondary N) is 2. The van der Waals surface area contributed by atoms with E-state index in [1.54, 1.807) is 0 Å². The number of amides is 3. The molecule has 0 spiro atoms. The number of hydrogen-bond acceptors (Lipinski definition) is 3. The largest absolute Gasteiger partial charge is 0.480 e. The topological polar surface area (TPSA) is 122 Å². The van der Waals surface area contributed by atoms with Gasteiger partial charge in [0.15, 0.2) is 0 Å². The SMILES string of the molecule is CCC1CCC(NC(=O)N[C@H](CC(N)=O)C(=O)O)CC1. The number of hydrogen-bond donors (Lipinski definition) is 4. The maximum atomic E-state index is 11.7. The summed E-state index contributed by atoms with van der Waals surface area (Å²) < 4.78 is 0. The molecule has 0 bridgehead atoms. The Morgan fingerprint density at radius 2 is 1.85 bits per heavy atom. The molecule has 1 aliphatic carbocycles. The molecule has 7 heteroatoms. The van der Waals surface area contributed by atoms with Crippen molar-refractivity contribution in [1.82, 2.24) is 10.6 Å². The molecule has 114 valence electrons. The molecule has 0 heterocycles. The van der Waals surface area contributed by atoms with E-state index in [2.05, 4.69) is 17.6 Å². The summed E-state index contributed by atoms with van der Waals surface area (Å²) in [5.74, 6) is -1.31. The van der Waals surface area contributed by atoms with Crippen molar-refractivity contribution in [3.63, 3.8) is 0 Å². The molecule has 0 aromatic rings. The van der Waals surface area contributed by atoms with Crippen LogP contribution in [0.25, 0.3) is 0 Å². The first-order valence-corrected chi connectivity index (χ1v) is 7.00. The highest BCUT2D eigenvalue weighted by Crippen LogP contribution is 2.26. The highest BCUT2D eigenvalue weighted by molar-refractivity contribution is 5.87. The minimum absolute atomic E-state index is 0.0702. The lowest BCUT2D eigenvalue weighted by molar-refractivity contribution is -0.140. The fourth-order valence-corrected chi connectivity index (χ4v) is 2.50. The lowest BCUT2D eigenvalue weighted by atomic mass is 9.85. The van der Waals surface area contributed by atoms with Crippen molar-refractivity contribution in [1.29, 1.82) is 0 Å². The number of primary amides is 1. The Balaban J connectivity index is 2.38. The van der Waals surface area contributed by atoms with Gasteiger partial charge in [-0.1, -0.05) is 13.3 Å². The van der Waals surface area contributed by atoms with E-state index in [1.807, 2.05) is 0 Å². The predicted octanol–water partition coefficient (Wildman–Crippen LogP) is 0.583. The van der Waals surface area contributed by atoms with Crippen LogP contribution in [-0.4, -0.2) is 35.1 Å². The van der Waals surface area contributed by atoms with Crippen molar-refractivity contribution in [2.45, 2.75) is 57.5 Å². The Kier molecular flexibility index (Phi) is 6.27. The fourth-order valence-electron chi connectivity index (χ4n) is 2.50. The molecule has 1 atom stereocenters. The van der Waals surface area contributed by atoms with E-state index >= 15 is 0 Å². The lowest BCUT2D eigenvalue weighted by Crippen LogP contribution is -2.50. The molecule has 0 radical (unpaired) electrons. The average molecular weight is 285 g/mol. The van der Waals surface area contributed by atoms with Crippen LogP contribution in [0.3, 0.4) is 0 Å². The average Bonchev–Trinajstić information content (AvgIpc) is 2.38. The van der Waals surface area contributed by atoms with Crippen molar-refractivity contribution in [3.8, 4) is 0 Å². The van der Waals surface area contributed by atoms with Crippen molar-refractivity contribution in [3.05, 3.63) is 0 Å². The van der Waals surface area contributed by atoms with Crippen LogP contribution >= 0.6 is 0 Å². The van der Waals surface area contributed by atoms with E-state index in [0.717, 1.165) is 38.0 Å². The molecule has 20 heavy (non-hydrogen) atoms. The maximum Gasteiger partial charge on any atom is 0.326 e. The summed E-state index contributed by atoms with van der Waals surface area (Å²) in [7, 11) is 0. The van der Waals surface area contributed by atoms with Gasteiger partial charge in [-0.15, -0.1) is 0 Å². The van der Waals surface area contributed by atoms with Gasteiger partial charge in [-0.3, -0.25) is 4.79 Å². The first kappa shape index (κ1) is 16.3. The Hall–Kier alpha value is -1.79. The van der Waals surface area contributed by atoms with Gasteiger partial charge in [0.05, 0.1) is 6.42 Å². The zero-order valence-corrected chi connectivity index (χ0v) is 11.7. The van der Waals surface area contributed by atoms with Gasteiger partial charge in [-0.2, -0.15) is 0 Å². The molecule has 1 saturated carbocycles. The summed E-state index contributed by atoms with van der Waals surface area (Å²) >= 11 is 0. The third kappa shape index (κ3) is 5.46. The van der Waals surface area contributed by atoms with E-state index in [4.69, 9.17) is 10.8 Å². The Labute approximate surface area is 118 Å². The monoisotopic (exact) mass is 285 g/mol. The van der Waals surface area contributed by atoms with Gasteiger partial charge in [0, 0.05) is 6.04 Å². The van der Waals surface area contributed by atoms with Crippen LogP contribution < -0.4 is 16.4 Å². The minimum Gasteiger partial charge on any atom is -0.480 e. The van der Waals surface area contributed by atoms with Gasteiger partial charge in [-0.05, 0) is 31.6 Å². The summed E-state index contributed by atoms with van der Waals surface area (Å²) in [5.41, 5.74) is 4.95. The van der Waals surface area contributed by atoms with Gasteiger partial charge in [0.1, 0.15) is 6.04 Å². The Morgan fingerprint density at radius 3 is 2.30 bits per heavy atom. The molecule has 0 saturated heterocycles. The van der Waals surface area contributed by atoms with E-state index in [-0.39, 0.29) is 6.04 Å². The summed E-state index contributed by atoms with van der Waals surface area (Å²) in [6.07, 6.45) is 4.69. The van der Waals surface area contributed by atoms with Gasteiger partial charge in [0.2, 0.25) is 5.91 Å². The minimum atomic E-state index is -1.28. The first-order chi connectivity index (χ1) is 9.42. The molecular weight excluding hydrogens is 262 g/mol. The van der Waals surface area contributed by atoms with Gasteiger partial charge in [0.25, 0.3) is 0 Å². The number of nitrogens with two attached hydrogens (primary N) is 1. The van der Waals surface area contributed by atoms with Crippen molar-refractivity contribution in [2.24, 2.45) is 11.7 Å². The molecule has 7 nitrogen and oxygen atoms in total. The standard InChI is InChI=1S/C13H23N3O4/c1-2-8-3-5-9(6-4-8)15-13(20)16-10(12(18)19)7-11(14)17/h8-10H,2-7H2,1H3,(H2,14,17)(H,18,19)(H2,15,16,20)/t8?,9?,10-/m1/s1. The number of rotatable bonds is 6. The second kappa shape index (κ2) is 7.72. The summed E-state index contributed by atoms with van der Waals surface area (Å²) in [6.45, 7) is 2.16. The van der Waals surface area contributed by atoms with E-state index in [0.29, 0.717) is 0 Å². The third-order valence-corrected chi connectivity index (χ3v) is 3.77. The van der Waals surface area contributed by atoms with Crippen LogP contribution in [0.5, 0.6) is 0 Å². The van der Waals surface area contributed by atoms with Gasteiger partial charge >= 0.3 is 12.0 Å². The van der Waals surface area contributed by atoms with Crippen LogP contribution in [0.4, 0.5) is 4.79 Å². The number of aliphatic carboxylic acids is 1. The van der Waals surface area contributed by atoms with E-state index < -0.39 is 30.4 Å². The number of carbonyl (C=O) groups excluding carboxylic acids is 2. The second-order valence-electron chi connectivity index (χ2n) is 5.30. The summed E-state index contributed by atoms with van der Waals surface area (Å²) in [4.78, 5) is 33.4. The molecule has 5 N–H and O–H groups in total. The second-order valence-corrected chi connectivity index (χ2v) is 5.30. The Morgan fingerprint density at radius 1 is 1.25 bits per heavy atom. The predicted molar refractivity (Wildman–Crippen MR) is 72.9 cm³/mol. The van der Waals surface area contributed by atoms with E-state index in [9.17, 15) is 14.4 Å². The lowest BCUT2D eigenvalue weighted by Gasteiger charge is -2.28. The van der Waals surface area contributed by atoms with E-state index in [1.165, 1.54) is 0 Å². The Bertz CT molecular complexity index is 365. The van der Waals surface area contributed by atoms with Crippen LogP contribution in [0, 0.1) is 5.92 Å². The smallest absolute Gasteiger partial charge is 0.326 e. The molecule has 1 aliphatic rings. The van der Waals surface area contributed by atoms with Crippen LogP contribution in [-0.2, 0) is 9.59 Å².